The Balaban J connectivity index is 2.61. The standard InChI is InChI=1S/C10H13N3O/c1-6-2-7-8(9(11)5-14)4-13-10(7)12-3-6/h2-4,9,14H,5,11H2,1H3,(H,12,13)/t9-/m1/s1. The molecule has 0 fully saturated rings. The van der Waals surface area contributed by atoms with Crippen molar-refractivity contribution in [1.29, 1.82) is 0 Å². The second-order valence-corrected chi connectivity index (χ2v) is 3.44. The van der Waals surface area contributed by atoms with E-state index in [-0.39, 0.29) is 12.6 Å². The molecule has 0 unspecified atom stereocenters. The maximum absolute atomic E-state index is 8.98. The van der Waals surface area contributed by atoms with Crippen molar-refractivity contribution in [2.24, 2.45) is 5.73 Å². The molecule has 0 aliphatic heterocycles. The molecule has 1 atom stereocenters. The Bertz CT molecular complexity index is 450. The molecule has 0 saturated heterocycles. The van der Waals surface area contributed by atoms with E-state index in [0.717, 1.165) is 22.2 Å². The van der Waals surface area contributed by atoms with Crippen LogP contribution in [0.3, 0.4) is 0 Å². The minimum Gasteiger partial charge on any atom is -0.394 e. The second kappa shape index (κ2) is 3.40. The summed E-state index contributed by atoms with van der Waals surface area (Å²) in [6.07, 6.45) is 3.60. The zero-order valence-electron chi connectivity index (χ0n) is 7.99. The van der Waals surface area contributed by atoms with E-state index in [1.807, 2.05) is 13.0 Å². The van der Waals surface area contributed by atoms with E-state index >= 15 is 0 Å². The van der Waals surface area contributed by atoms with E-state index in [9.17, 15) is 0 Å². The molecule has 0 aliphatic carbocycles. The van der Waals surface area contributed by atoms with Gasteiger partial charge in [-0.25, -0.2) is 4.98 Å². The number of hydrogen-bond donors (Lipinski definition) is 3. The number of hydrogen-bond acceptors (Lipinski definition) is 3. The predicted molar refractivity (Wildman–Crippen MR) is 54.8 cm³/mol. The number of aliphatic hydroxyl groups is 1. The minimum atomic E-state index is -0.340. The van der Waals surface area contributed by atoms with Gasteiger partial charge in [-0.3, -0.25) is 0 Å². The first kappa shape index (κ1) is 9.18. The molecule has 0 aliphatic rings. The Hall–Kier alpha value is -1.39. The highest BCUT2D eigenvalue weighted by molar-refractivity contribution is 5.80. The van der Waals surface area contributed by atoms with Crippen molar-refractivity contribution in [2.45, 2.75) is 13.0 Å². The van der Waals surface area contributed by atoms with E-state index in [1.54, 1.807) is 12.4 Å². The van der Waals surface area contributed by atoms with Crippen molar-refractivity contribution >= 4 is 11.0 Å². The lowest BCUT2D eigenvalue weighted by molar-refractivity contribution is 0.268. The molecular weight excluding hydrogens is 178 g/mol. The van der Waals surface area contributed by atoms with Crippen LogP contribution in [0.5, 0.6) is 0 Å². The third kappa shape index (κ3) is 1.38. The van der Waals surface area contributed by atoms with Crippen LogP contribution in [-0.2, 0) is 0 Å². The van der Waals surface area contributed by atoms with Crippen LogP contribution in [0.1, 0.15) is 17.2 Å². The van der Waals surface area contributed by atoms with Crippen LogP contribution in [-0.4, -0.2) is 21.7 Å². The van der Waals surface area contributed by atoms with Gasteiger partial charge >= 0.3 is 0 Å². The largest absolute Gasteiger partial charge is 0.394 e. The molecule has 2 rings (SSSR count). The van der Waals surface area contributed by atoms with Gasteiger partial charge in [0, 0.05) is 17.8 Å². The summed E-state index contributed by atoms with van der Waals surface area (Å²) in [6.45, 7) is 1.93. The number of fused-ring (bicyclic) bond motifs is 1. The van der Waals surface area contributed by atoms with Gasteiger partial charge in [0.1, 0.15) is 5.65 Å². The van der Waals surface area contributed by atoms with Gasteiger partial charge in [-0.15, -0.1) is 0 Å². The van der Waals surface area contributed by atoms with Crippen LogP contribution in [0, 0.1) is 6.92 Å². The van der Waals surface area contributed by atoms with Gasteiger partial charge in [-0.05, 0) is 24.1 Å². The molecule has 2 aromatic rings. The number of nitrogens with zero attached hydrogens (tertiary/aromatic N) is 1. The predicted octanol–water partition coefficient (Wildman–Crippen LogP) is 0.863. The normalized spacial score (nSPS) is 13.4. The number of rotatable bonds is 2. The average Bonchev–Trinajstić information content (AvgIpc) is 2.59. The molecule has 0 saturated carbocycles. The lowest BCUT2D eigenvalue weighted by Gasteiger charge is -2.05. The monoisotopic (exact) mass is 191 g/mol. The van der Waals surface area contributed by atoms with E-state index in [1.165, 1.54) is 0 Å². The summed E-state index contributed by atoms with van der Waals surface area (Å²) >= 11 is 0. The van der Waals surface area contributed by atoms with Crippen LogP contribution in [0.15, 0.2) is 18.5 Å². The summed E-state index contributed by atoms with van der Waals surface area (Å²) in [5, 5.41) is 9.97. The molecular formula is C10H13N3O. The fourth-order valence-corrected chi connectivity index (χ4v) is 1.53. The smallest absolute Gasteiger partial charge is 0.137 e. The first-order chi connectivity index (χ1) is 6.72. The van der Waals surface area contributed by atoms with Crippen molar-refractivity contribution in [3.63, 3.8) is 0 Å². The molecule has 4 heteroatoms. The first-order valence-electron chi connectivity index (χ1n) is 4.52. The molecule has 0 amide bonds. The topological polar surface area (TPSA) is 74.9 Å². The van der Waals surface area contributed by atoms with Crippen molar-refractivity contribution in [1.82, 2.24) is 9.97 Å². The number of pyridine rings is 1. The van der Waals surface area contributed by atoms with E-state index in [4.69, 9.17) is 10.8 Å². The third-order valence-electron chi connectivity index (χ3n) is 2.30. The first-order valence-corrected chi connectivity index (χ1v) is 4.52. The summed E-state index contributed by atoms with van der Waals surface area (Å²) in [4.78, 5) is 7.25. The molecule has 0 radical (unpaired) electrons. The Morgan fingerprint density at radius 3 is 3.14 bits per heavy atom. The van der Waals surface area contributed by atoms with E-state index in [0.29, 0.717) is 0 Å². The average molecular weight is 191 g/mol. The molecule has 4 N–H and O–H groups in total. The molecule has 0 spiro atoms. The SMILES string of the molecule is Cc1cnc2[nH]cc([C@H](N)CO)c2c1. The van der Waals surface area contributed by atoms with E-state index in [2.05, 4.69) is 9.97 Å². The van der Waals surface area contributed by atoms with E-state index < -0.39 is 0 Å². The highest BCUT2D eigenvalue weighted by Gasteiger charge is 2.10. The Labute approximate surface area is 81.8 Å². The third-order valence-corrected chi connectivity index (χ3v) is 2.30. The number of nitrogens with one attached hydrogen (secondary N) is 1. The lowest BCUT2D eigenvalue weighted by Crippen LogP contribution is -2.13. The van der Waals surface area contributed by atoms with Crippen LogP contribution >= 0.6 is 0 Å². The molecule has 74 valence electrons. The fourth-order valence-electron chi connectivity index (χ4n) is 1.53. The van der Waals surface area contributed by atoms with Crippen LogP contribution < -0.4 is 5.73 Å². The van der Waals surface area contributed by atoms with Crippen molar-refractivity contribution < 1.29 is 5.11 Å². The molecule has 2 aromatic heterocycles. The molecule has 2 heterocycles. The van der Waals surface area contributed by atoms with Crippen molar-refractivity contribution in [3.05, 3.63) is 29.6 Å². The minimum absolute atomic E-state index is 0.0547. The van der Waals surface area contributed by atoms with Gasteiger partial charge in [-0.1, -0.05) is 0 Å². The zero-order chi connectivity index (χ0) is 10.1. The summed E-state index contributed by atoms with van der Waals surface area (Å²) < 4.78 is 0. The van der Waals surface area contributed by atoms with Gasteiger partial charge < -0.3 is 15.8 Å². The summed E-state index contributed by atoms with van der Waals surface area (Å²) in [6, 6.07) is 1.68. The Kier molecular flexibility index (Phi) is 2.23. The van der Waals surface area contributed by atoms with Crippen molar-refractivity contribution in [3.8, 4) is 0 Å². The maximum Gasteiger partial charge on any atom is 0.137 e. The number of aromatic nitrogens is 2. The highest BCUT2D eigenvalue weighted by Crippen LogP contribution is 2.21. The van der Waals surface area contributed by atoms with Crippen LogP contribution in [0.4, 0.5) is 0 Å². The maximum atomic E-state index is 8.98. The summed E-state index contributed by atoms with van der Waals surface area (Å²) in [5.74, 6) is 0. The van der Waals surface area contributed by atoms with Gasteiger partial charge in [0.25, 0.3) is 0 Å². The number of nitrogens with two attached hydrogens (primary N) is 1. The summed E-state index contributed by atoms with van der Waals surface area (Å²) in [5.41, 5.74) is 8.57. The molecule has 14 heavy (non-hydrogen) atoms. The lowest BCUT2D eigenvalue weighted by atomic mass is 10.1. The highest BCUT2D eigenvalue weighted by atomic mass is 16.3. The molecule has 0 bridgehead atoms. The quantitative estimate of drug-likeness (QED) is 0.659. The number of aryl methyl sites for hydroxylation is 1. The van der Waals surface area contributed by atoms with Gasteiger partial charge in [0.2, 0.25) is 0 Å². The Morgan fingerprint density at radius 2 is 2.43 bits per heavy atom. The second-order valence-electron chi connectivity index (χ2n) is 3.44. The number of aromatic amines is 1. The fraction of sp³-hybridized carbons (Fsp3) is 0.300. The summed E-state index contributed by atoms with van der Waals surface area (Å²) in [7, 11) is 0. The number of H-pyrrole nitrogens is 1. The van der Waals surface area contributed by atoms with Gasteiger partial charge in [0.05, 0.1) is 12.6 Å². The van der Waals surface area contributed by atoms with Gasteiger partial charge in [0.15, 0.2) is 0 Å². The molecule has 0 aromatic carbocycles. The van der Waals surface area contributed by atoms with Crippen molar-refractivity contribution in [2.75, 3.05) is 6.61 Å². The van der Waals surface area contributed by atoms with Crippen LogP contribution in [0.25, 0.3) is 11.0 Å². The molecule has 4 nitrogen and oxygen atoms in total. The zero-order valence-corrected chi connectivity index (χ0v) is 7.99. The number of aliphatic hydroxyl groups excluding tert-OH is 1. The van der Waals surface area contributed by atoms with Gasteiger partial charge in [-0.2, -0.15) is 0 Å². The van der Waals surface area contributed by atoms with Crippen LogP contribution in [0.2, 0.25) is 0 Å². The Morgan fingerprint density at radius 1 is 1.64 bits per heavy atom.